The first kappa shape index (κ1) is 16.8. The number of nitrogens with zero attached hydrogens (tertiary/aromatic N) is 2. The van der Waals surface area contributed by atoms with Crippen molar-refractivity contribution in [1.82, 2.24) is 15.5 Å². The number of carbonyl (C=O) groups excluding carboxylic acids is 2. The van der Waals surface area contributed by atoms with E-state index >= 15 is 0 Å². The maximum absolute atomic E-state index is 14.8. The highest BCUT2D eigenvalue weighted by Crippen LogP contribution is 2.42. The maximum atomic E-state index is 14.8. The normalized spacial score (nSPS) is 27.4. The molecular weight excluding hydrogens is 343 g/mol. The Morgan fingerprint density at radius 3 is 2.68 bits per heavy atom. The lowest BCUT2D eigenvalue weighted by atomic mass is 10.0. The van der Waals surface area contributed by atoms with E-state index in [0.717, 1.165) is 37.4 Å². The fourth-order valence-electron chi connectivity index (χ4n) is 3.91. The molecule has 2 amide bonds. The van der Waals surface area contributed by atoms with Crippen molar-refractivity contribution in [3.63, 3.8) is 0 Å². The molecule has 0 spiro atoms. The molecule has 2 atom stereocenters. The van der Waals surface area contributed by atoms with Crippen molar-refractivity contribution < 1.29 is 14.0 Å². The zero-order valence-corrected chi connectivity index (χ0v) is 14.7. The molecule has 0 aromatic heterocycles. The van der Waals surface area contributed by atoms with E-state index in [2.05, 4.69) is 28.2 Å². The van der Waals surface area contributed by atoms with Crippen molar-refractivity contribution >= 4 is 30.1 Å². The van der Waals surface area contributed by atoms with Crippen LogP contribution in [0.1, 0.15) is 29.3 Å². The van der Waals surface area contributed by atoms with Gasteiger partial charge < -0.3 is 10.2 Å². The van der Waals surface area contributed by atoms with Crippen molar-refractivity contribution in [3.8, 4) is 0 Å². The molecule has 25 heavy (non-hydrogen) atoms. The third kappa shape index (κ3) is 3.02. The third-order valence-electron chi connectivity index (χ3n) is 5.22. The molecule has 1 aromatic carbocycles. The molecule has 3 aliphatic heterocycles. The third-order valence-corrected chi connectivity index (χ3v) is 5.77. The Hall–Kier alpha value is -1.64. The number of hydrogen-bond acceptors (Lipinski definition) is 6. The highest BCUT2D eigenvalue weighted by molar-refractivity contribution is 7.80. The van der Waals surface area contributed by atoms with Crippen molar-refractivity contribution in [3.05, 3.63) is 29.1 Å². The molecule has 2 fully saturated rings. The van der Waals surface area contributed by atoms with Gasteiger partial charge in [0.1, 0.15) is 5.82 Å². The van der Waals surface area contributed by atoms with Gasteiger partial charge in [-0.1, -0.05) is 0 Å². The first-order chi connectivity index (χ1) is 12.0. The number of carbonyl (C=O) groups is 2. The van der Waals surface area contributed by atoms with Crippen LogP contribution in [-0.2, 0) is 16.1 Å². The highest BCUT2D eigenvalue weighted by atomic mass is 32.1. The zero-order chi connectivity index (χ0) is 17.6. The van der Waals surface area contributed by atoms with Gasteiger partial charge in [-0.3, -0.25) is 19.8 Å². The summed E-state index contributed by atoms with van der Waals surface area (Å²) in [5, 5.41) is 5.18. The minimum Gasteiger partial charge on any atom is -0.369 e. The van der Waals surface area contributed by atoms with Gasteiger partial charge in [-0.25, -0.2) is 4.39 Å². The second kappa shape index (κ2) is 6.59. The number of imide groups is 1. The second-order valence-electron chi connectivity index (χ2n) is 6.75. The average Bonchev–Trinajstić information content (AvgIpc) is 2.93. The number of benzene rings is 1. The molecule has 4 rings (SSSR count). The standard InChI is InChI=1S/C17H21FN4O2S/c18-12-8-11(21-5-3-19-4-6-21)7-10-9-22(17(25)15(10)12)13-1-2-14(23)20-16(13)24/h7-8,13,17,19,25H,1-6,9H2,(H,20,23,24). The fraction of sp³-hybridized carbons (Fsp3) is 0.529. The molecule has 3 heterocycles. The van der Waals surface area contributed by atoms with Crippen LogP contribution in [0, 0.1) is 5.82 Å². The summed E-state index contributed by atoms with van der Waals surface area (Å²) < 4.78 is 14.8. The Bertz CT molecular complexity index is 723. The summed E-state index contributed by atoms with van der Waals surface area (Å²) in [5.41, 5.74) is 2.30. The van der Waals surface area contributed by atoms with E-state index in [1.54, 1.807) is 6.07 Å². The first-order valence-corrected chi connectivity index (χ1v) is 9.12. The molecule has 1 aromatic rings. The van der Waals surface area contributed by atoms with Gasteiger partial charge in [-0.05, 0) is 24.1 Å². The van der Waals surface area contributed by atoms with Crippen LogP contribution in [0.3, 0.4) is 0 Å². The molecule has 0 bridgehead atoms. The highest BCUT2D eigenvalue weighted by Gasteiger charge is 2.40. The lowest BCUT2D eigenvalue weighted by molar-refractivity contribution is -0.137. The van der Waals surface area contributed by atoms with E-state index in [9.17, 15) is 14.0 Å². The molecule has 0 saturated carbocycles. The topological polar surface area (TPSA) is 64.7 Å². The van der Waals surface area contributed by atoms with Crippen LogP contribution in [0.4, 0.5) is 10.1 Å². The van der Waals surface area contributed by atoms with Gasteiger partial charge in [-0.15, -0.1) is 0 Å². The Kier molecular flexibility index (Phi) is 4.43. The van der Waals surface area contributed by atoms with Crippen molar-refractivity contribution in [2.45, 2.75) is 30.8 Å². The molecule has 3 aliphatic rings. The van der Waals surface area contributed by atoms with E-state index in [-0.39, 0.29) is 17.6 Å². The van der Waals surface area contributed by atoms with Crippen LogP contribution in [-0.4, -0.2) is 48.9 Å². The molecule has 0 radical (unpaired) electrons. The number of nitrogens with one attached hydrogen (secondary N) is 2. The van der Waals surface area contributed by atoms with Crippen LogP contribution in [0.2, 0.25) is 0 Å². The minimum atomic E-state index is -0.476. The number of thiol groups is 1. The number of halogens is 1. The summed E-state index contributed by atoms with van der Waals surface area (Å²) in [5.74, 6) is -0.840. The van der Waals surface area contributed by atoms with E-state index in [0.29, 0.717) is 24.9 Å². The van der Waals surface area contributed by atoms with Crippen LogP contribution in [0.15, 0.2) is 12.1 Å². The predicted octanol–water partition coefficient (Wildman–Crippen LogP) is 0.784. The van der Waals surface area contributed by atoms with Gasteiger partial charge in [0.2, 0.25) is 11.8 Å². The Labute approximate surface area is 151 Å². The van der Waals surface area contributed by atoms with Gasteiger partial charge in [0.05, 0.1) is 11.4 Å². The number of amides is 2. The van der Waals surface area contributed by atoms with Crippen molar-refractivity contribution in [2.75, 3.05) is 31.1 Å². The van der Waals surface area contributed by atoms with Gasteiger partial charge in [0.25, 0.3) is 0 Å². The molecule has 134 valence electrons. The maximum Gasteiger partial charge on any atom is 0.243 e. The predicted molar refractivity (Wildman–Crippen MR) is 94.9 cm³/mol. The molecule has 2 saturated heterocycles. The summed E-state index contributed by atoms with van der Waals surface area (Å²) in [7, 11) is 0. The summed E-state index contributed by atoms with van der Waals surface area (Å²) in [6.07, 6.45) is 0.750. The number of anilines is 1. The molecule has 6 nitrogen and oxygen atoms in total. The van der Waals surface area contributed by atoms with Crippen LogP contribution >= 0.6 is 12.6 Å². The molecule has 8 heteroatoms. The SMILES string of the molecule is O=C1CCC(N2Cc3cc(N4CCNCC4)cc(F)c3C2S)C(=O)N1. The lowest BCUT2D eigenvalue weighted by Crippen LogP contribution is -2.51. The molecule has 2 N–H and O–H groups in total. The average molecular weight is 364 g/mol. The quantitative estimate of drug-likeness (QED) is 0.535. The molecular formula is C17H21FN4O2S. The minimum absolute atomic E-state index is 0.249. The second-order valence-corrected chi connectivity index (χ2v) is 7.24. The number of fused-ring (bicyclic) bond motifs is 1. The number of rotatable bonds is 2. The van der Waals surface area contributed by atoms with E-state index in [4.69, 9.17) is 0 Å². The summed E-state index contributed by atoms with van der Waals surface area (Å²) in [6.45, 7) is 3.93. The van der Waals surface area contributed by atoms with Crippen molar-refractivity contribution in [1.29, 1.82) is 0 Å². The lowest BCUT2D eigenvalue weighted by Gasteiger charge is -2.32. The Balaban J connectivity index is 1.60. The van der Waals surface area contributed by atoms with Crippen LogP contribution in [0.25, 0.3) is 0 Å². The van der Waals surface area contributed by atoms with Gasteiger partial charge in [-0.2, -0.15) is 12.6 Å². The van der Waals surface area contributed by atoms with Gasteiger partial charge >= 0.3 is 0 Å². The van der Waals surface area contributed by atoms with Crippen LogP contribution < -0.4 is 15.5 Å². The fourth-order valence-corrected chi connectivity index (χ4v) is 4.44. The zero-order valence-electron chi connectivity index (χ0n) is 13.8. The Morgan fingerprint density at radius 1 is 1.20 bits per heavy atom. The Morgan fingerprint density at radius 2 is 1.96 bits per heavy atom. The monoisotopic (exact) mass is 364 g/mol. The van der Waals surface area contributed by atoms with E-state index in [1.807, 2.05) is 11.0 Å². The number of hydrogen-bond donors (Lipinski definition) is 3. The van der Waals surface area contributed by atoms with Crippen molar-refractivity contribution in [2.24, 2.45) is 0 Å². The smallest absolute Gasteiger partial charge is 0.243 e. The number of piperidine rings is 1. The van der Waals surface area contributed by atoms with Crippen LogP contribution in [0.5, 0.6) is 0 Å². The molecule has 2 unspecified atom stereocenters. The largest absolute Gasteiger partial charge is 0.369 e. The summed E-state index contributed by atoms with van der Waals surface area (Å²) in [6, 6.07) is 3.13. The van der Waals surface area contributed by atoms with E-state index in [1.165, 1.54) is 0 Å². The van der Waals surface area contributed by atoms with E-state index < -0.39 is 11.4 Å². The van der Waals surface area contributed by atoms with Gasteiger partial charge in [0.15, 0.2) is 0 Å². The summed E-state index contributed by atoms with van der Waals surface area (Å²) >= 11 is 4.57. The first-order valence-electron chi connectivity index (χ1n) is 8.60. The number of piperazine rings is 1. The molecule has 0 aliphatic carbocycles. The summed E-state index contributed by atoms with van der Waals surface area (Å²) in [4.78, 5) is 27.6. The van der Waals surface area contributed by atoms with Gasteiger partial charge in [0, 0.05) is 50.4 Å².